The molecular weight excluding hydrogens is 210 g/mol. The predicted octanol–water partition coefficient (Wildman–Crippen LogP) is 2.05. The van der Waals surface area contributed by atoms with Crippen molar-refractivity contribution in [2.45, 2.75) is 6.92 Å². The summed E-state index contributed by atoms with van der Waals surface area (Å²) in [5.74, 6) is -1.26. The van der Waals surface area contributed by atoms with Crippen molar-refractivity contribution in [2.24, 2.45) is 0 Å². The van der Waals surface area contributed by atoms with Crippen LogP contribution in [0.2, 0.25) is 0 Å². The van der Waals surface area contributed by atoms with Crippen LogP contribution in [-0.4, -0.2) is 21.3 Å². The van der Waals surface area contributed by atoms with Crippen LogP contribution in [0.3, 0.4) is 0 Å². The average molecular weight is 219 g/mol. The van der Waals surface area contributed by atoms with Gasteiger partial charge in [0.1, 0.15) is 11.4 Å². The van der Waals surface area contributed by atoms with Crippen LogP contribution >= 0.6 is 0 Å². The van der Waals surface area contributed by atoms with Crippen molar-refractivity contribution in [3.8, 4) is 17.0 Å². The first-order valence-electron chi connectivity index (χ1n) is 4.58. The average Bonchev–Trinajstić information content (AvgIpc) is 2.71. The Kier molecular flexibility index (Phi) is 2.36. The summed E-state index contributed by atoms with van der Waals surface area (Å²) in [6, 6.07) is 6.27. The fourth-order valence-corrected chi connectivity index (χ4v) is 1.40. The Morgan fingerprint density at radius 1 is 1.44 bits per heavy atom. The van der Waals surface area contributed by atoms with Gasteiger partial charge in [-0.1, -0.05) is 17.3 Å². The smallest absolute Gasteiger partial charge is 0.374 e. The molecule has 2 rings (SSSR count). The molecule has 1 aromatic heterocycles. The third-order valence-electron chi connectivity index (χ3n) is 2.30. The highest BCUT2D eigenvalue weighted by atomic mass is 16.5. The molecule has 82 valence electrons. The summed E-state index contributed by atoms with van der Waals surface area (Å²) in [5.41, 5.74) is 1.68. The minimum atomic E-state index is -1.17. The van der Waals surface area contributed by atoms with Gasteiger partial charge in [-0.15, -0.1) is 0 Å². The fourth-order valence-electron chi connectivity index (χ4n) is 1.40. The number of nitrogens with zero attached hydrogens (tertiary/aromatic N) is 1. The minimum Gasteiger partial charge on any atom is -0.508 e. The second kappa shape index (κ2) is 3.69. The molecule has 2 N–H and O–H groups in total. The molecule has 1 aromatic carbocycles. The van der Waals surface area contributed by atoms with Crippen molar-refractivity contribution < 1.29 is 19.5 Å². The largest absolute Gasteiger partial charge is 0.508 e. The number of phenols is 1. The zero-order valence-corrected chi connectivity index (χ0v) is 8.47. The van der Waals surface area contributed by atoms with E-state index < -0.39 is 5.97 Å². The number of carboxylic acid groups (broad SMARTS) is 1. The number of rotatable bonds is 2. The first-order chi connectivity index (χ1) is 7.59. The van der Waals surface area contributed by atoms with E-state index >= 15 is 0 Å². The summed E-state index contributed by atoms with van der Waals surface area (Å²) in [7, 11) is 0. The van der Waals surface area contributed by atoms with Gasteiger partial charge in [0.2, 0.25) is 5.76 Å². The van der Waals surface area contributed by atoms with Crippen molar-refractivity contribution in [2.75, 3.05) is 0 Å². The molecule has 5 heteroatoms. The second-order valence-corrected chi connectivity index (χ2v) is 3.33. The Hall–Kier alpha value is -2.30. The molecule has 0 spiro atoms. The van der Waals surface area contributed by atoms with E-state index in [1.165, 1.54) is 6.07 Å². The molecule has 1 heterocycles. The molecule has 0 saturated heterocycles. The second-order valence-electron chi connectivity index (χ2n) is 3.33. The molecule has 0 saturated carbocycles. The number of phenolic OH excluding ortho intramolecular Hbond substituents is 1. The SMILES string of the molecule is Cc1c(O)cccc1-c1cc(C(=O)O)on1. The molecule has 0 aliphatic heterocycles. The highest BCUT2D eigenvalue weighted by molar-refractivity contribution is 5.86. The number of hydrogen-bond acceptors (Lipinski definition) is 4. The summed E-state index contributed by atoms with van der Waals surface area (Å²) in [6.45, 7) is 1.72. The zero-order valence-electron chi connectivity index (χ0n) is 8.47. The van der Waals surface area contributed by atoms with E-state index in [0.29, 0.717) is 16.8 Å². The van der Waals surface area contributed by atoms with E-state index in [-0.39, 0.29) is 11.5 Å². The maximum Gasteiger partial charge on any atom is 0.374 e. The minimum absolute atomic E-state index is 0.136. The third-order valence-corrected chi connectivity index (χ3v) is 2.30. The fraction of sp³-hybridized carbons (Fsp3) is 0.0909. The summed E-state index contributed by atoms with van der Waals surface area (Å²) in [6.07, 6.45) is 0. The van der Waals surface area contributed by atoms with Gasteiger partial charge in [0.05, 0.1) is 0 Å². The van der Waals surface area contributed by atoms with E-state index in [9.17, 15) is 9.90 Å². The molecule has 5 nitrogen and oxygen atoms in total. The summed E-state index contributed by atoms with van der Waals surface area (Å²) in [4.78, 5) is 10.6. The molecule has 0 aliphatic rings. The Labute approximate surface area is 90.9 Å². The first-order valence-corrected chi connectivity index (χ1v) is 4.58. The number of benzene rings is 1. The van der Waals surface area contributed by atoms with E-state index in [1.807, 2.05) is 0 Å². The maximum absolute atomic E-state index is 10.6. The molecule has 0 unspecified atom stereocenters. The lowest BCUT2D eigenvalue weighted by molar-refractivity contribution is 0.0652. The van der Waals surface area contributed by atoms with E-state index in [0.717, 1.165) is 0 Å². The van der Waals surface area contributed by atoms with Crippen LogP contribution in [0, 0.1) is 6.92 Å². The third kappa shape index (κ3) is 1.63. The van der Waals surface area contributed by atoms with Crippen molar-refractivity contribution in [3.05, 3.63) is 35.6 Å². The zero-order chi connectivity index (χ0) is 11.7. The predicted molar refractivity (Wildman–Crippen MR) is 55.3 cm³/mol. The van der Waals surface area contributed by atoms with E-state index in [4.69, 9.17) is 5.11 Å². The highest BCUT2D eigenvalue weighted by Gasteiger charge is 2.14. The van der Waals surface area contributed by atoms with Gasteiger partial charge in [0.15, 0.2) is 0 Å². The first kappa shape index (κ1) is 10.2. The number of aromatic carboxylic acids is 1. The van der Waals surface area contributed by atoms with Crippen molar-refractivity contribution in [1.82, 2.24) is 5.16 Å². The van der Waals surface area contributed by atoms with Crippen LogP contribution in [0.15, 0.2) is 28.8 Å². The van der Waals surface area contributed by atoms with E-state index in [1.54, 1.807) is 25.1 Å². The molecule has 0 aliphatic carbocycles. The summed E-state index contributed by atoms with van der Waals surface area (Å²) >= 11 is 0. The number of aromatic hydroxyl groups is 1. The van der Waals surface area contributed by atoms with Gasteiger partial charge in [-0.05, 0) is 13.0 Å². The topological polar surface area (TPSA) is 83.6 Å². The van der Waals surface area contributed by atoms with Gasteiger partial charge in [0, 0.05) is 17.2 Å². The molecule has 16 heavy (non-hydrogen) atoms. The van der Waals surface area contributed by atoms with E-state index in [2.05, 4.69) is 9.68 Å². The standard InChI is InChI=1S/C11H9NO4/c1-6-7(3-2-4-9(6)13)8-5-10(11(14)15)16-12-8/h2-5,13H,1H3,(H,14,15). The molecule has 2 aromatic rings. The molecule has 0 atom stereocenters. The van der Waals surface area contributed by atoms with Crippen molar-refractivity contribution in [1.29, 1.82) is 0 Å². The van der Waals surface area contributed by atoms with Crippen LogP contribution in [0.1, 0.15) is 16.1 Å². The Balaban J connectivity index is 2.50. The van der Waals surface area contributed by atoms with Crippen LogP contribution in [0.4, 0.5) is 0 Å². The molecule has 0 amide bonds. The van der Waals surface area contributed by atoms with Crippen LogP contribution in [0.5, 0.6) is 5.75 Å². The number of carboxylic acids is 1. The lowest BCUT2D eigenvalue weighted by atomic mass is 10.0. The molecule has 0 fully saturated rings. The van der Waals surface area contributed by atoms with Gasteiger partial charge in [-0.25, -0.2) is 4.79 Å². The Bertz CT molecular complexity index is 545. The van der Waals surface area contributed by atoms with Gasteiger partial charge < -0.3 is 14.7 Å². The quantitative estimate of drug-likeness (QED) is 0.807. The number of aromatic nitrogens is 1. The number of carbonyl (C=O) groups is 1. The van der Waals surface area contributed by atoms with Crippen LogP contribution in [0.25, 0.3) is 11.3 Å². The lowest BCUT2D eigenvalue weighted by Gasteiger charge is -2.02. The van der Waals surface area contributed by atoms with Crippen LogP contribution in [-0.2, 0) is 0 Å². The van der Waals surface area contributed by atoms with Gasteiger partial charge >= 0.3 is 5.97 Å². The summed E-state index contributed by atoms with van der Waals surface area (Å²) in [5, 5.41) is 21.8. The van der Waals surface area contributed by atoms with Crippen LogP contribution < -0.4 is 0 Å². The monoisotopic (exact) mass is 219 g/mol. The highest BCUT2D eigenvalue weighted by Crippen LogP contribution is 2.28. The normalized spacial score (nSPS) is 10.3. The summed E-state index contributed by atoms with van der Waals surface area (Å²) < 4.78 is 4.64. The van der Waals surface area contributed by atoms with Crippen molar-refractivity contribution >= 4 is 5.97 Å². The lowest BCUT2D eigenvalue weighted by Crippen LogP contribution is -1.91. The Morgan fingerprint density at radius 2 is 2.19 bits per heavy atom. The molecule has 0 bridgehead atoms. The number of hydrogen-bond donors (Lipinski definition) is 2. The molecular formula is C11H9NO4. The molecule has 0 radical (unpaired) electrons. The van der Waals surface area contributed by atoms with Gasteiger partial charge in [-0.2, -0.15) is 0 Å². The maximum atomic E-state index is 10.6. The van der Waals surface area contributed by atoms with Crippen molar-refractivity contribution in [3.63, 3.8) is 0 Å². The van der Waals surface area contributed by atoms with Gasteiger partial charge in [0.25, 0.3) is 0 Å². The van der Waals surface area contributed by atoms with Gasteiger partial charge in [-0.3, -0.25) is 0 Å². The Morgan fingerprint density at radius 3 is 2.81 bits per heavy atom.